The summed E-state index contributed by atoms with van der Waals surface area (Å²) in [5, 5.41) is 4.48. The highest BCUT2D eigenvalue weighted by Crippen LogP contribution is 2.34. The molecule has 0 fully saturated rings. The van der Waals surface area contributed by atoms with Crippen LogP contribution in [-0.2, 0) is 16.1 Å². The Morgan fingerprint density at radius 3 is 2.70 bits per heavy atom. The van der Waals surface area contributed by atoms with Gasteiger partial charge in [-0.2, -0.15) is 0 Å². The van der Waals surface area contributed by atoms with Crippen molar-refractivity contribution >= 4 is 39.9 Å². The van der Waals surface area contributed by atoms with Crippen molar-refractivity contribution in [2.24, 2.45) is 0 Å². The lowest BCUT2D eigenvalue weighted by Crippen LogP contribution is -2.37. The van der Waals surface area contributed by atoms with E-state index in [1.165, 1.54) is 13.4 Å². The van der Waals surface area contributed by atoms with Crippen molar-refractivity contribution in [3.05, 3.63) is 77.8 Å². The number of carbonyl (C=O) groups is 1. The molecule has 9 nitrogen and oxygen atoms in total. The molecule has 0 saturated heterocycles. The fourth-order valence-corrected chi connectivity index (χ4v) is 3.95. The van der Waals surface area contributed by atoms with Gasteiger partial charge in [-0.05, 0) is 49.4 Å². The van der Waals surface area contributed by atoms with E-state index in [4.69, 9.17) is 25.8 Å². The molecule has 0 saturated carbocycles. The highest BCUT2D eigenvalue weighted by molar-refractivity contribution is 6.32. The molecule has 1 atom stereocenters. The maximum atomic E-state index is 12.1. The van der Waals surface area contributed by atoms with Gasteiger partial charge in [0.1, 0.15) is 43.0 Å². The Hall–Kier alpha value is -3.95. The normalized spacial score (nSPS) is 11.7. The first-order valence-corrected chi connectivity index (χ1v) is 12.0. The third-order valence-corrected chi connectivity index (χ3v) is 5.77. The smallest absolute Gasteiger partial charge is 0.248 e. The Bertz CT molecular complexity index is 1350. The maximum Gasteiger partial charge on any atom is 0.248 e. The van der Waals surface area contributed by atoms with Crippen molar-refractivity contribution in [2.45, 2.75) is 19.6 Å². The number of anilines is 2. The zero-order valence-corrected chi connectivity index (χ0v) is 21.6. The van der Waals surface area contributed by atoms with Gasteiger partial charge in [-0.3, -0.25) is 9.78 Å². The Balaban J connectivity index is 1.51. The van der Waals surface area contributed by atoms with Gasteiger partial charge < -0.3 is 24.4 Å². The Kier molecular flexibility index (Phi) is 8.71. The second-order valence-corrected chi connectivity index (χ2v) is 8.80. The van der Waals surface area contributed by atoms with E-state index >= 15 is 0 Å². The zero-order chi connectivity index (χ0) is 26.2. The van der Waals surface area contributed by atoms with Gasteiger partial charge >= 0.3 is 0 Å². The third kappa shape index (κ3) is 6.84. The number of aromatic nitrogens is 3. The number of benzene rings is 2. The molecule has 2 aromatic carbocycles. The zero-order valence-electron chi connectivity index (χ0n) is 20.8. The minimum Gasteiger partial charge on any atom is -0.488 e. The van der Waals surface area contributed by atoms with Gasteiger partial charge in [0.05, 0.1) is 28.2 Å². The van der Waals surface area contributed by atoms with Crippen molar-refractivity contribution in [3.8, 4) is 11.5 Å². The monoisotopic (exact) mass is 521 g/mol. The summed E-state index contributed by atoms with van der Waals surface area (Å²) in [4.78, 5) is 26.7. The SMILES string of the molecule is COCC(=O)N(C)C[C@@H](C)Oc1cccc2ncnc(Nc3ccc(OCc4ccccn4)c(Cl)c3)c12. The van der Waals surface area contributed by atoms with E-state index in [0.29, 0.717) is 46.4 Å². The first-order valence-electron chi connectivity index (χ1n) is 11.7. The number of methoxy groups -OCH3 is 1. The van der Waals surface area contributed by atoms with Crippen LogP contribution in [0.2, 0.25) is 5.02 Å². The number of ether oxygens (including phenoxy) is 3. The summed E-state index contributed by atoms with van der Waals surface area (Å²) in [7, 11) is 3.21. The molecule has 0 unspecified atom stereocenters. The van der Waals surface area contributed by atoms with Crippen LogP contribution in [0.25, 0.3) is 10.9 Å². The number of nitrogens with one attached hydrogen (secondary N) is 1. The van der Waals surface area contributed by atoms with Gasteiger partial charge in [-0.25, -0.2) is 9.97 Å². The molecule has 4 rings (SSSR count). The molecule has 0 radical (unpaired) electrons. The summed E-state index contributed by atoms with van der Waals surface area (Å²) in [6, 6.07) is 16.7. The van der Waals surface area contributed by atoms with Crippen molar-refractivity contribution in [2.75, 3.05) is 32.6 Å². The van der Waals surface area contributed by atoms with Crippen LogP contribution >= 0.6 is 11.6 Å². The molecule has 37 heavy (non-hydrogen) atoms. The highest BCUT2D eigenvalue weighted by Gasteiger charge is 2.17. The van der Waals surface area contributed by atoms with Crippen molar-refractivity contribution in [1.82, 2.24) is 19.9 Å². The number of rotatable bonds is 11. The second-order valence-electron chi connectivity index (χ2n) is 8.39. The Morgan fingerprint density at radius 2 is 1.95 bits per heavy atom. The number of likely N-dealkylation sites (N-methyl/N-ethyl adjacent to an activating group) is 1. The number of hydrogen-bond donors (Lipinski definition) is 1. The van der Waals surface area contributed by atoms with Gasteiger partial charge in [-0.15, -0.1) is 0 Å². The van der Waals surface area contributed by atoms with Crippen molar-refractivity contribution < 1.29 is 19.0 Å². The van der Waals surface area contributed by atoms with Crippen molar-refractivity contribution in [3.63, 3.8) is 0 Å². The molecular weight excluding hydrogens is 494 g/mol. The molecule has 0 spiro atoms. The Labute approximate surface area is 220 Å². The molecule has 0 aliphatic heterocycles. The molecule has 10 heteroatoms. The number of amides is 1. The quantitative estimate of drug-likeness (QED) is 0.298. The van der Waals surface area contributed by atoms with Crippen LogP contribution < -0.4 is 14.8 Å². The molecule has 4 aromatic rings. The lowest BCUT2D eigenvalue weighted by atomic mass is 10.2. The number of fused-ring (bicyclic) bond motifs is 1. The van der Waals surface area contributed by atoms with Crippen LogP contribution in [0, 0.1) is 0 Å². The summed E-state index contributed by atoms with van der Waals surface area (Å²) in [6.45, 7) is 2.63. The minimum absolute atomic E-state index is 0.0227. The number of carbonyl (C=O) groups excluding carboxylic acids is 1. The summed E-state index contributed by atoms with van der Waals surface area (Å²) < 4.78 is 17.0. The molecular formula is C27H28ClN5O4. The van der Waals surface area contributed by atoms with E-state index in [1.807, 2.05) is 49.4 Å². The van der Waals surface area contributed by atoms with E-state index in [9.17, 15) is 4.79 Å². The lowest BCUT2D eigenvalue weighted by molar-refractivity contribution is -0.134. The fraction of sp³-hybridized carbons (Fsp3) is 0.259. The van der Waals surface area contributed by atoms with Crippen LogP contribution in [0.4, 0.5) is 11.5 Å². The maximum absolute atomic E-state index is 12.1. The molecule has 1 amide bonds. The topological polar surface area (TPSA) is 98.7 Å². The Morgan fingerprint density at radius 1 is 1.08 bits per heavy atom. The number of nitrogens with zero attached hydrogens (tertiary/aromatic N) is 4. The van der Waals surface area contributed by atoms with Gasteiger partial charge in [0.25, 0.3) is 0 Å². The summed E-state index contributed by atoms with van der Waals surface area (Å²) in [5.74, 6) is 1.60. The van der Waals surface area contributed by atoms with Crippen LogP contribution in [0.1, 0.15) is 12.6 Å². The summed E-state index contributed by atoms with van der Waals surface area (Å²) in [6.07, 6.45) is 2.92. The van der Waals surface area contributed by atoms with E-state index in [0.717, 1.165) is 11.4 Å². The summed E-state index contributed by atoms with van der Waals surface area (Å²) in [5.41, 5.74) is 2.25. The number of pyridine rings is 1. The van der Waals surface area contributed by atoms with Crippen LogP contribution in [0.3, 0.4) is 0 Å². The minimum atomic E-state index is -0.283. The molecule has 0 aliphatic rings. The predicted octanol–water partition coefficient (Wildman–Crippen LogP) is 4.87. The average molecular weight is 522 g/mol. The van der Waals surface area contributed by atoms with Crippen LogP contribution in [0.15, 0.2) is 67.1 Å². The molecule has 2 aromatic heterocycles. The molecule has 1 N–H and O–H groups in total. The standard InChI is InChI=1S/C27H28ClN5O4/c1-18(14-33(2)25(34)16-35-3)37-24-9-6-8-22-26(24)27(31-17-30-22)32-19-10-11-23(21(28)13-19)36-15-20-7-4-5-12-29-20/h4-13,17-18H,14-16H2,1-3H3,(H,30,31,32)/t18-/m1/s1. The molecule has 192 valence electrons. The molecule has 0 aliphatic carbocycles. The lowest BCUT2D eigenvalue weighted by Gasteiger charge is -2.23. The summed E-state index contributed by atoms with van der Waals surface area (Å²) >= 11 is 6.49. The van der Waals surface area contributed by atoms with Crippen LogP contribution in [0.5, 0.6) is 11.5 Å². The van der Waals surface area contributed by atoms with Crippen molar-refractivity contribution in [1.29, 1.82) is 0 Å². The van der Waals surface area contributed by atoms with Gasteiger partial charge in [0, 0.05) is 26.0 Å². The van der Waals surface area contributed by atoms with Crippen LogP contribution in [-0.4, -0.2) is 59.2 Å². The van der Waals surface area contributed by atoms with Gasteiger partial charge in [0.2, 0.25) is 5.91 Å². The number of halogens is 1. The predicted molar refractivity (Wildman–Crippen MR) is 142 cm³/mol. The fourth-order valence-electron chi connectivity index (χ4n) is 3.71. The van der Waals surface area contributed by atoms with E-state index in [-0.39, 0.29) is 18.6 Å². The first-order chi connectivity index (χ1) is 17.9. The molecule has 2 heterocycles. The van der Waals surface area contributed by atoms with Gasteiger partial charge in [-0.1, -0.05) is 23.7 Å². The second kappa shape index (κ2) is 12.3. The van der Waals surface area contributed by atoms with Gasteiger partial charge in [0.15, 0.2) is 0 Å². The molecule has 0 bridgehead atoms. The average Bonchev–Trinajstić information content (AvgIpc) is 2.89. The third-order valence-electron chi connectivity index (χ3n) is 5.47. The largest absolute Gasteiger partial charge is 0.488 e. The number of hydrogen-bond acceptors (Lipinski definition) is 8. The highest BCUT2D eigenvalue weighted by atomic mass is 35.5. The van der Waals surface area contributed by atoms with E-state index in [2.05, 4.69) is 20.3 Å². The van der Waals surface area contributed by atoms with E-state index in [1.54, 1.807) is 30.3 Å². The van der Waals surface area contributed by atoms with E-state index < -0.39 is 0 Å². The first kappa shape index (κ1) is 26.1.